The Bertz CT molecular complexity index is 1280. The monoisotopic (exact) mass is 481 g/mol. The maximum Gasteiger partial charge on any atom is 0.245 e. The van der Waals surface area contributed by atoms with Crippen molar-refractivity contribution in [2.45, 2.75) is 6.42 Å². The van der Waals surface area contributed by atoms with Crippen molar-refractivity contribution >= 4 is 52.1 Å². The Labute approximate surface area is 199 Å². The van der Waals surface area contributed by atoms with E-state index in [1.165, 1.54) is 0 Å². The van der Waals surface area contributed by atoms with E-state index in [2.05, 4.69) is 16.6 Å². The number of nitrogens with one attached hydrogen (secondary N) is 1. The van der Waals surface area contributed by atoms with E-state index in [9.17, 15) is 9.35 Å². The summed E-state index contributed by atoms with van der Waals surface area (Å²) in [5.74, 6) is 6.70. The molecule has 1 aliphatic heterocycles. The van der Waals surface area contributed by atoms with Gasteiger partial charge in [-0.05, 0) is 53.6 Å². The fourth-order valence-corrected chi connectivity index (χ4v) is 4.45. The highest BCUT2D eigenvalue weighted by molar-refractivity contribution is 7.97. The molecule has 0 amide bonds. The van der Waals surface area contributed by atoms with Gasteiger partial charge in [0.15, 0.2) is 0 Å². The average molecular weight is 482 g/mol. The van der Waals surface area contributed by atoms with Gasteiger partial charge in [-0.25, -0.2) is 4.72 Å². The number of ketones is 1. The number of rotatable bonds is 3. The third-order valence-electron chi connectivity index (χ3n) is 4.82. The Morgan fingerprint density at radius 1 is 1.06 bits per heavy atom. The van der Waals surface area contributed by atoms with Crippen LogP contribution >= 0.6 is 23.2 Å². The highest BCUT2D eigenvalue weighted by Crippen LogP contribution is 2.32. The second-order valence-corrected chi connectivity index (χ2v) is 8.96. The van der Waals surface area contributed by atoms with Gasteiger partial charge in [0.25, 0.3) is 0 Å². The molecule has 1 N–H and O–H groups in total. The van der Waals surface area contributed by atoms with E-state index in [1.807, 2.05) is 24.3 Å². The van der Waals surface area contributed by atoms with Crippen molar-refractivity contribution in [2.75, 3.05) is 11.8 Å². The van der Waals surface area contributed by atoms with Gasteiger partial charge in [-0.2, -0.15) is 0 Å². The largest absolute Gasteiger partial charge is 0.588 e. The van der Waals surface area contributed by atoms with Crippen molar-refractivity contribution in [2.24, 2.45) is 0 Å². The van der Waals surface area contributed by atoms with Crippen molar-refractivity contribution in [1.82, 2.24) is 0 Å². The Morgan fingerprint density at radius 2 is 1.84 bits per heavy atom. The molecular formula is C25H17Cl2NO3S. The van der Waals surface area contributed by atoms with Crippen LogP contribution in [-0.2, 0) is 17.8 Å². The lowest BCUT2D eigenvalue weighted by molar-refractivity contribution is 0.104. The van der Waals surface area contributed by atoms with Crippen LogP contribution in [0.4, 0.5) is 5.69 Å². The Balaban J connectivity index is 1.57. The number of benzene rings is 3. The van der Waals surface area contributed by atoms with Gasteiger partial charge in [-0.1, -0.05) is 53.2 Å². The lowest BCUT2D eigenvalue weighted by atomic mass is 10.0. The molecule has 4 nitrogen and oxygen atoms in total. The second kappa shape index (κ2) is 9.72. The van der Waals surface area contributed by atoms with Crippen molar-refractivity contribution < 1.29 is 14.1 Å². The van der Waals surface area contributed by atoms with E-state index in [-0.39, 0.29) is 10.7 Å². The minimum atomic E-state index is -1.68. The van der Waals surface area contributed by atoms with E-state index in [4.69, 9.17) is 27.9 Å². The average Bonchev–Trinajstić information content (AvgIpc) is 2.80. The van der Waals surface area contributed by atoms with Crippen molar-refractivity contribution in [3.63, 3.8) is 0 Å². The molecule has 1 aliphatic rings. The third-order valence-corrected chi connectivity index (χ3v) is 6.66. The highest BCUT2D eigenvalue weighted by atomic mass is 35.5. The smallest absolute Gasteiger partial charge is 0.245 e. The summed E-state index contributed by atoms with van der Waals surface area (Å²) < 4.78 is 20.6. The third kappa shape index (κ3) is 4.95. The zero-order valence-corrected chi connectivity index (χ0v) is 19.3. The first-order valence-corrected chi connectivity index (χ1v) is 11.5. The lowest BCUT2D eigenvalue weighted by Gasteiger charge is -2.21. The molecule has 0 saturated carbocycles. The van der Waals surface area contributed by atoms with Crippen LogP contribution in [0.1, 0.15) is 27.0 Å². The summed E-state index contributed by atoms with van der Waals surface area (Å²) in [5, 5.41) is 0.768. The molecule has 4 rings (SSSR count). The molecule has 0 radical (unpaired) electrons. The fourth-order valence-electron chi connectivity index (χ4n) is 3.13. The molecule has 0 aromatic heterocycles. The van der Waals surface area contributed by atoms with Crippen LogP contribution in [0.3, 0.4) is 0 Å². The van der Waals surface area contributed by atoms with E-state index in [0.29, 0.717) is 38.8 Å². The van der Waals surface area contributed by atoms with Crippen LogP contribution in [-0.4, -0.2) is 17.4 Å². The number of carbonyl (C=O) groups excluding carboxylic acids is 1. The van der Waals surface area contributed by atoms with Gasteiger partial charge in [-0.3, -0.25) is 4.79 Å². The Morgan fingerprint density at radius 3 is 2.56 bits per heavy atom. The van der Waals surface area contributed by atoms with Gasteiger partial charge in [-0.15, -0.1) is 0 Å². The van der Waals surface area contributed by atoms with Crippen LogP contribution in [0.25, 0.3) is 6.08 Å². The molecular weight excluding hydrogens is 465 g/mol. The van der Waals surface area contributed by atoms with Crippen molar-refractivity contribution in [3.8, 4) is 17.6 Å². The SMILES string of the molecule is COc1ccc(CC#Cc2ccc3c(c2)C(=O)/C(=C/c2ccc(Cl)c(Cl)c2)[S+]([O-])N3)cc1. The second-order valence-electron chi connectivity index (χ2n) is 6.97. The predicted octanol–water partition coefficient (Wildman–Crippen LogP) is 5.91. The first kappa shape index (κ1) is 22.3. The minimum Gasteiger partial charge on any atom is -0.588 e. The molecule has 0 spiro atoms. The first-order chi connectivity index (χ1) is 15.4. The van der Waals surface area contributed by atoms with Crippen LogP contribution in [0, 0.1) is 11.8 Å². The summed E-state index contributed by atoms with van der Waals surface area (Å²) in [6, 6.07) is 17.9. The van der Waals surface area contributed by atoms with Crippen LogP contribution in [0.5, 0.6) is 5.75 Å². The van der Waals surface area contributed by atoms with E-state index >= 15 is 0 Å². The molecule has 0 aliphatic carbocycles. The normalized spacial score (nSPS) is 16.1. The summed E-state index contributed by atoms with van der Waals surface area (Å²) in [6.07, 6.45) is 2.12. The Hall–Kier alpha value is -2.88. The number of carbonyl (C=O) groups is 1. The highest BCUT2D eigenvalue weighted by Gasteiger charge is 2.33. The minimum absolute atomic E-state index is 0.138. The molecule has 1 atom stereocenters. The van der Waals surface area contributed by atoms with Crippen molar-refractivity contribution in [3.05, 3.63) is 97.9 Å². The summed E-state index contributed by atoms with van der Waals surface area (Å²) in [7, 11) is 1.63. The summed E-state index contributed by atoms with van der Waals surface area (Å²) in [5.41, 5.74) is 3.34. The number of fused-ring (bicyclic) bond motifs is 1. The van der Waals surface area contributed by atoms with Gasteiger partial charge >= 0.3 is 0 Å². The summed E-state index contributed by atoms with van der Waals surface area (Å²) >= 11 is 10.3. The number of halogens is 2. The fraction of sp³-hybridized carbons (Fsp3) is 0.0800. The van der Waals surface area contributed by atoms with Crippen LogP contribution in [0.15, 0.2) is 65.6 Å². The number of hydrogen-bond donors (Lipinski definition) is 1. The lowest BCUT2D eigenvalue weighted by Crippen LogP contribution is -2.27. The van der Waals surface area contributed by atoms with Gasteiger partial charge < -0.3 is 9.29 Å². The van der Waals surface area contributed by atoms with E-state index < -0.39 is 11.4 Å². The van der Waals surface area contributed by atoms with Crippen LogP contribution in [0.2, 0.25) is 10.0 Å². The van der Waals surface area contributed by atoms with Gasteiger partial charge in [0.2, 0.25) is 10.7 Å². The number of hydrogen-bond acceptors (Lipinski definition) is 4. The number of anilines is 1. The van der Waals surface area contributed by atoms with E-state index in [0.717, 1.165) is 11.3 Å². The van der Waals surface area contributed by atoms with Crippen molar-refractivity contribution in [1.29, 1.82) is 0 Å². The zero-order chi connectivity index (χ0) is 22.7. The number of allylic oxidation sites excluding steroid dienone is 1. The standard InChI is InChI=1S/C25H17Cl2NO3S/c1-31-19-9-5-16(6-10-19)3-2-4-17-8-12-23-20(13-17)25(29)24(32(30)28-23)15-18-7-11-21(26)22(27)14-18/h5-15,28H,3H2,1H3/b24-15-. The molecule has 32 heavy (non-hydrogen) atoms. The molecule has 3 aromatic rings. The van der Waals surface area contributed by atoms with Gasteiger partial charge in [0, 0.05) is 18.1 Å². The van der Waals surface area contributed by atoms with E-state index in [1.54, 1.807) is 49.6 Å². The molecule has 7 heteroatoms. The topological polar surface area (TPSA) is 61.4 Å². The molecule has 0 saturated heterocycles. The zero-order valence-electron chi connectivity index (χ0n) is 16.9. The molecule has 0 bridgehead atoms. The predicted molar refractivity (Wildman–Crippen MR) is 131 cm³/mol. The van der Waals surface area contributed by atoms with Gasteiger partial charge in [0.05, 0.1) is 28.4 Å². The first-order valence-electron chi connectivity index (χ1n) is 9.60. The maximum absolute atomic E-state index is 13.1. The molecule has 1 unspecified atom stereocenters. The molecule has 0 fully saturated rings. The molecule has 160 valence electrons. The number of Topliss-reactive ketones (excluding diaryl/α,β-unsaturated/α-hetero) is 1. The number of methoxy groups -OCH3 is 1. The molecule has 1 heterocycles. The summed E-state index contributed by atoms with van der Waals surface area (Å²) in [6.45, 7) is 0. The molecule has 3 aromatic carbocycles. The summed E-state index contributed by atoms with van der Waals surface area (Å²) in [4.78, 5) is 13.2. The Kier molecular flexibility index (Phi) is 6.78. The number of ether oxygens (including phenoxy) is 1. The van der Waals surface area contributed by atoms with Gasteiger partial charge in [0.1, 0.15) is 17.1 Å². The maximum atomic E-state index is 13.1. The van der Waals surface area contributed by atoms with Crippen LogP contribution < -0.4 is 9.46 Å². The quantitative estimate of drug-likeness (QED) is 0.287.